The minimum atomic E-state index is -0.346. The molecule has 1 aromatic heterocycles. The molecule has 2 amide bonds. The normalized spacial score (nSPS) is 10.2. The monoisotopic (exact) mass is 306 g/mol. The number of nitrogens with zero attached hydrogens (tertiary/aromatic N) is 2. The number of rotatable bonds is 6. The van der Waals surface area contributed by atoms with Crippen molar-refractivity contribution < 1.29 is 9.53 Å². The fourth-order valence-electron chi connectivity index (χ4n) is 1.69. The highest BCUT2D eigenvalue weighted by Crippen LogP contribution is 2.19. The van der Waals surface area contributed by atoms with E-state index in [2.05, 4.69) is 27.8 Å². The lowest BCUT2D eigenvalue weighted by molar-refractivity contribution is 0.262. The second-order valence-corrected chi connectivity index (χ2v) is 5.48. The number of unbranched alkanes of at least 4 members (excludes halogenated alkanes) is 1. The van der Waals surface area contributed by atoms with Crippen LogP contribution >= 0.6 is 11.3 Å². The number of urea groups is 1. The lowest BCUT2D eigenvalue weighted by Crippen LogP contribution is -2.19. The van der Waals surface area contributed by atoms with E-state index in [0.29, 0.717) is 16.6 Å². The van der Waals surface area contributed by atoms with Gasteiger partial charge in [0.05, 0.1) is 7.11 Å². The second kappa shape index (κ2) is 7.58. The molecule has 0 radical (unpaired) electrons. The third-order valence-corrected chi connectivity index (χ3v) is 3.66. The summed E-state index contributed by atoms with van der Waals surface area (Å²) in [5.74, 6) is 0.686. The molecule has 1 aromatic carbocycles. The molecule has 2 rings (SSSR count). The van der Waals surface area contributed by atoms with E-state index in [1.807, 2.05) is 12.1 Å². The zero-order valence-corrected chi connectivity index (χ0v) is 12.9. The van der Waals surface area contributed by atoms with Gasteiger partial charge in [0.25, 0.3) is 0 Å². The van der Waals surface area contributed by atoms with E-state index in [-0.39, 0.29) is 6.03 Å². The zero-order chi connectivity index (χ0) is 15.1. The average Bonchev–Trinajstić information content (AvgIpc) is 2.92. The van der Waals surface area contributed by atoms with Crippen molar-refractivity contribution in [1.82, 2.24) is 10.2 Å². The van der Waals surface area contributed by atoms with Crippen molar-refractivity contribution in [3.05, 3.63) is 29.3 Å². The van der Waals surface area contributed by atoms with Gasteiger partial charge in [-0.15, -0.1) is 10.2 Å². The van der Waals surface area contributed by atoms with Crippen molar-refractivity contribution in [1.29, 1.82) is 0 Å². The lowest BCUT2D eigenvalue weighted by atomic mass is 10.3. The van der Waals surface area contributed by atoms with Gasteiger partial charge in [-0.2, -0.15) is 0 Å². The number of nitrogens with one attached hydrogen (secondary N) is 2. The minimum Gasteiger partial charge on any atom is -0.497 e. The standard InChI is InChI=1S/C14H18N4O2S/c1-3-4-8-12-17-18-14(21-12)16-13(19)15-10-6-5-7-11(9-10)20-2/h5-7,9H,3-4,8H2,1-2H3,(H2,15,16,18,19). The summed E-state index contributed by atoms with van der Waals surface area (Å²) >= 11 is 1.40. The number of benzene rings is 1. The summed E-state index contributed by atoms with van der Waals surface area (Å²) in [5.41, 5.74) is 0.655. The van der Waals surface area contributed by atoms with Gasteiger partial charge in [-0.05, 0) is 18.6 Å². The number of carbonyl (C=O) groups excluding carboxylic acids is 1. The third kappa shape index (κ3) is 4.71. The Hall–Kier alpha value is -2.15. The number of amides is 2. The van der Waals surface area contributed by atoms with E-state index in [1.165, 1.54) is 11.3 Å². The van der Waals surface area contributed by atoms with E-state index >= 15 is 0 Å². The molecule has 0 saturated carbocycles. The van der Waals surface area contributed by atoms with E-state index in [4.69, 9.17) is 4.74 Å². The largest absolute Gasteiger partial charge is 0.497 e. The van der Waals surface area contributed by atoms with Gasteiger partial charge in [0.1, 0.15) is 10.8 Å². The summed E-state index contributed by atoms with van der Waals surface area (Å²) in [4.78, 5) is 11.9. The number of methoxy groups -OCH3 is 1. The minimum absolute atomic E-state index is 0.346. The van der Waals surface area contributed by atoms with Crippen molar-refractivity contribution in [2.75, 3.05) is 17.7 Å². The van der Waals surface area contributed by atoms with Gasteiger partial charge in [0.2, 0.25) is 5.13 Å². The maximum Gasteiger partial charge on any atom is 0.325 e. The Morgan fingerprint density at radius 1 is 1.33 bits per heavy atom. The first-order valence-electron chi connectivity index (χ1n) is 6.75. The molecule has 0 spiro atoms. The van der Waals surface area contributed by atoms with Crippen molar-refractivity contribution in [2.45, 2.75) is 26.2 Å². The maximum atomic E-state index is 11.9. The highest BCUT2D eigenvalue weighted by molar-refractivity contribution is 7.15. The molecule has 0 saturated heterocycles. The number of aryl methyl sites for hydroxylation is 1. The molecule has 0 bridgehead atoms. The third-order valence-electron chi connectivity index (χ3n) is 2.76. The predicted octanol–water partition coefficient (Wildman–Crippen LogP) is 3.53. The van der Waals surface area contributed by atoms with Crippen LogP contribution in [0.4, 0.5) is 15.6 Å². The molecule has 112 valence electrons. The molecule has 2 N–H and O–H groups in total. The van der Waals surface area contributed by atoms with Crippen LogP contribution in [-0.4, -0.2) is 23.3 Å². The van der Waals surface area contributed by atoms with Crippen molar-refractivity contribution in [2.24, 2.45) is 0 Å². The van der Waals surface area contributed by atoms with Crippen LogP contribution in [0.25, 0.3) is 0 Å². The van der Waals surface area contributed by atoms with Crippen molar-refractivity contribution >= 4 is 28.2 Å². The molecule has 1 heterocycles. The van der Waals surface area contributed by atoms with Crippen LogP contribution in [-0.2, 0) is 6.42 Å². The first-order valence-corrected chi connectivity index (χ1v) is 7.57. The van der Waals surface area contributed by atoms with Gasteiger partial charge in [0, 0.05) is 18.2 Å². The Morgan fingerprint density at radius 2 is 2.19 bits per heavy atom. The van der Waals surface area contributed by atoms with Crippen LogP contribution in [0, 0.1) is 0 Å². The molecular weight excluding hydrogens is 288 g/mol. The van der Waals surface area contributed by atoms with Crippen LogP contribution < -0.4 is 15.4 Å². The van der Waals surface area contributed by atoms with Crippen LogP contribution in [0.2, 0.25) is 0 Å². The maximum absolute atomic E-state index is 11.9. The highest BCUT2D eigenvalue weighted by Gasteiger charge is 2.08. The molecule has 0 unspecified atom stereocenters. The molecule has 0 aliphatic heterocycles. The quantitative estimate of drug-likeness (QED) is 0.856. The van der Waals surface area contributed by atoms with Gasteiger partial charge in [-0.3, -0.25) is 5.32 Å². The van der Waals surface area contributed by atoms with Gasteiger partial charge in [-0.1, -0.05) is 30.7 Å². The molecular formula is C14H18N4O2S. The molecule has 0 atom stereocenters. The lowest BCUT2D eigenvalue weighted by Gasteiger charge is -2.06. The Bertz CT molecular complexity index is 600. The van der Waals surface area contributed by atoms with E-state index in [0.717, 1.165) is 24.3 Å². The van der Waals surface area contributed by atoms with Gasteiger partial charge in [-0.25, -0.2) is 4.79 Å². The summed E-state index contributed by atoms with van der Waals surface area (Å²) in [6, 6.07) is 6.80. The summed E-state index contributed by atoms with van der Waals surface area (Å²) in [6.07, 6.45) is 3.08. The van der Waals surface area contributed by atoms with Gasteiger partial charge >= 0.3 is 6.03 Å². The van der Waals surface area contributed by atoms with E-state index in [9.17, 15) is 4.79 Å². The first-order chi connectivity index (χ1) is 10.2. The highest BCUT2D eigenvalue weighted by atomic mass is 32.1. The molecule has 21 heavy (non-hydrogen) atoms. The molecule has 0 fully saturated rings. The van der Waals surface area contributed by atoms with Crippen molar-refractivity contribution in [3.8, 4) is 5.75 Å². The van der Waals surface area contributed by atoms with Crippen LogP contribution in [0.1, 0.15) is 24.8 Å². The first kappa shape index (κ1) is 15.2. The smallest absolute Gasteiger partial charge is 0.325 e. The Morgan fingerprint density at radius 3 is 2.95 bits per heavy atom. The Labute approximate surface area is 127 Å². The summed E-state index contributed by atoms with van der Waals surface area (Å²) in [5, 5.41) is 14.8. The van der Waals surface area contributed by atoms with Gasteiger partial charge in [0.15, 0.2) is 0 Å². The van der Waals surface area contributed by atoms with Crippen molar-refractivity contribution in [3.63, 3.8) is 0 Å². The fourth-order valence-corrected chi connectivity index (χ4v) is 2.47. The van der Waals surface area contributed by atoms with E-state index in [1.54, 1.807) is 19.2 Å². The number of ether oxygens (including phenoxy) is 1. The SMILES string of the molecule is CCCCc1nnc(NC(=O)Nc2cccc(OC)c2)s1. The Balaban J connectivity index is 1.90. The van der Waals surface area contributed by atoms with Crippen LogP contribution in [0.15, 0.2) is 24.3 Å². The molecule has 6 nitrogen and oxygen atoms in total. The molecule has 7 heteroatoms. The Kier molecular flexibility index (Phi) is 5.51. The number of anilines is 2. The molecule has 0 aliphatic rings. The summed E-state index contributed by atoms with van der Waals surface area (Å²) in [7, 11) is 1.58. The second-order valence-electron chi connectivity index (χ2n) is 4.42. The van der Waals surface area contributed by atoms with Gasteiger partial charge < -0.3 is 10.1 Å². The van der Waals surface area contributed by atoms with E-state index < -0.39 is 0 Å². The average molecular weight is 306 g/mol. The number of hydrogen-bond acceptors (Lipinski definition) is 5. The zero-order valence-electron chi connectivity index (χ0n) is 12.0. The predicted molar refractivity (Wildman–Crippen MR) is 84.2 cm³/mol. The molecule has 2 aromatic rings. The number of hydrogen-bond donors (Lipinski definition) is 2. The van der Waals surface area contributed by atoms with Crippen LogP contribution in [0.5, 0.6) is 5.75 Å². The fraction of sp³-hybridized carbons (Fsp3) is 0.357. The number of aromatic nitrogens is 2. The molecule has 0 aliphatic carbocycles. The topological polar surface area (TPSA) is 76.1 Å². The summed E-state index contributed by atoms with van der Waals surface area (Å²) in [6.45, 7) is 2.13. The number of carbonyl (C=O) groups is 1. The van der Waals surface area contributed by atoms with Crippen LogP contribution in [0.3, 0.4) is 0 Å². The summed E-state index contributed by atoms with van der Waals surface area (Å²) < 4.78 is 5.10.